The van der Waals surface area contributed by atoms with Crippen LogP contribution >= 0.6 is 0 Å². The van der Waals surface area contributed by atoms with Gasteiger partial charge in [0.05, 0.1) is 11.9 Å². The standard InChI is InChI=1S/C15H13NO4/c17-14(15(18)19)8-12-6-7-13(9-16-12)20-10-11-4-2-1-3-5-11/h1-9,17H,10H2,(H,18,19)/b14-8-. The van der Waals surface area contributed by atoms with Gasteiger partial charge in [0.2, 0.25) is 5.76 Å². The highest BCUT2D eigenvalue weighted by Gasteiger charge is 2.04. The highest BCUT2D eigenvalue weighted by atomic mass is 16.5. The number of carboxylic acids is 1. The molecule has 2 rings (SSSR count). The number of pyridine rings is 1. The van der Waals surface area contributed by atoms with E-state index in [1.54, 1.807) is 12.1 Å². The SMILES string of the molecule is O=C(O)/C(O)=C/c1ccc(OCc2ccccc2)cn1. The van der Waals surface area contributed by atoms with Crippen molar-refractivity contribution in [2.24, 2.45) is 0 Å². The number of aliphatic hydroxyl groups is 1. The van der Waals surface area contributed by atoms with Crippen LogP contribution in [0.1, 0.15) is 11.3 Å². The molecule has 0 saturated heterocycles. The molecular formula is C15H13NO4. The molecule has 20 heavy (non-hydrogen) atoms. The van der Waals surface area contributed by atoms with Crippen molar-refractivity contribution in [3.05, 3.63) is 65.7 Å². The molecule has 1 heterocycles. The van der Waals surface area contributed by atoms with Gasteiger partial charge in [-0.25, -0.2) is 4.79 Å². The van der Waals surface area contributed by atoms with Crippen molar-refractivity contribution in [1.82, 2.24) is 4.98 Å². The van der Waals surface area contributed by atoms with Crippen molar-refractivity contribution in [3.63, 3.8) is 0 Å². The van der Waals surface area contributed by atoms with Gasteiger partial charge in [-0.1, -0.05) is 30.3 Å². The van der Waals surface area contributed by atoms with Gasteiger partial charge < -0.3 is 14.9 Å². The Morgan fingerprint density at radius 2 is 1.90 bits per heavy atom. The molecule has 0 saturated carbocycles. The highest BCUT2D eigenvalue weighted by molar-refractivity contribution is 5.88. The van der Waals surface area contributed by atoms with E-state index in [9.17, 15) is 4.79 Å². The summed E-state index contributed by atoms with van der Waals surface area (Å²) in [5, 5.41) is 17.6. The van der Waals surface area contributed by atoms with Gasteiger partial charge in [-0.05, 0) is 17.7 Å². The maximum absolute atomic E-state index is 10.5. The molecule has 5 nitrogen and oxygen atoms in total. The fourth-order valence-electron chi connectivity index (χ4n) is 1.51. The Kier molecular flexibility index (Phi) is 4.34. The lowest BCUT2D eigenvalue weighted by Crippen LogP contribution is -1.99. The number of rotatable bonds is 5. The zero-order valence-corrected chi connectivity index (χ0v) is 10.6. The molecule has 1 aromatic carbocycles. The minimum Gasteiger partial charge on any atom is -0.502 e. The van der Waals surface area contributed by atoms with Crippen LogP contribution in [0.25, 0.3) is 6.08 Å². The van der Waals surface area contributed by atoms with Crippen LogP contribution in [0.2, 0.25) is 0 Å². The fourth-order valence-corrected chi connectivity index (χ4v) is 1.51. The van der Waals surface area contributed by atoms with Crippen LogP contribution in [0.5, 0.6) is 5.75 Å². The summed E-state index contributed by atoms with van der Waals surface area (Å²) in [6.07, 6.45) is 2.55. The van der Waals surface area contributed by atoms with Crippen LogP contribution in [-0.4, -0.2) is 21.2 Å². The molecule has 0 bridgehead atoms. The smallest absolute Gasteiger partial charge is 0.371 e. The first-order valence-electron chi connectivity index (χ1n) is 5.92. The molecule has 0 aliphatic rings. The topological polar surface area (TPSA) is 79.7 Å². The average molecular weight is 271 g/mol. The highest BCUT2D eigenvalue weighted by Crippen LogP contribution is 2.13. The summed E-state index contributed by atoms with van der Waals surface area (Å²) >= 11 is 0. The normalized spacial score (nSPS) is 11.1. The molecule has 1 aromatic heterocycles. The summed E-state index contributed by atoms with van der Waals surface area (Å²) in [5.41, 5.74) is 1.39. The molecule has 0 unspecified atom stereocenters. The number of nitrogens with zero attached hydrogens (tertiary/aromatic N) is 1. The van der Waals surface area contributed by atoms with Crippen molar-refractivity contribution >= 4 is 12.0 Å². The zero-order valence-electron chi connectivity index (χ0n) is 10.6. The number of benzene rings is 1. The Morgan fingerprint density at radius 1 is 1.15 bits per heavy atom. The predicted octanol–water partition coefficient (Wildman–Crippen LogP) is 2.64. The molecule has 102 valence electrons. The number of hydrogen-bond donors (Lipinski definition) is 2. The molecule has 0 spiro atoms. The van der Waals surface area contributed by atoms with Gasteiger partial charge in [0.25, 0.3) is 0 Å². The largest absolute Gasteiger partial charge is 0.502 e. The number of ether oxygens (including phenoxy) is 1. The first kappa shape index (κ1) is 13.6. The van der Waals surface area contributed by atoms with Gasteiger partial charge in [0.1, 0.15) is 12.4 Å². The maximum Gasteiger partial charge on any atom is 0.371 e. The van der Waals surface area contributed by atoms with Gasteiger partial charge in [-0.15, -0.1) is 0 Å². The average Bonchev–Trinajstić information content (AvgIpc) is 2.47. The van der Waals surface area contributed by atoms with E-state index in [2.05, 4.69) is 4.98 Å². The Balaban J connectivity index is 1.98. The van der Waals surface area contributed by atoms with Crippen LogP contribution in [0.15, 0.2) is 54.4 Å². The zero-order chi connectivity index (χ0) is 14.4. The van der Waals surface area contributed by atoms with Gasteiger partial charge >= 0.3 is 5.97 Å². The Bertz CT molecular complexity index is 606. The predicted molar refractivity (Wildman–Crippen MR) is 73.3 cm³/mol. The summed E-state index contributed by atoms with van der Waals surface area (Å²) in [6, 6.07) is 12.9. The Hall–Kier alpha value is -2.82. The molecule has 2 aromatic rings. The van der Waals surface area contributed by atoms with Crippen molar-refractivity contribution in [2.45, 2.75) is 6.61 Å². The van der Waals surface area contributed by atoms with Gasteiger partial charge in [-0.2, -0.15) is 0 Å². The van der Waals surface area contributed by atoms with Gasteiger partial charge in [0, 0.05) is 6.08 Å². The number of aliphatic hydroxyl groups excluding tert-OH is 1. The molecule has 2 N–H and O–H groups in total. The minimum atomic E-state index is -1.39. The number of carboxylic acid groups (broad SMARTS) is 1. The number of hydrogen-bond acceptors (Lipinski definition) is 4. The third-order valence-corrected chi connectivity index (χ3v) is 2.51. The van der Waals surface area contributed by atoms with E-state index in [0.29, 0.717) is 18.1 Å². The molecular weight excluding hydrogens is 258 g/mol. The van der Waals surface area contributed by atoms with Crippen LogP contribution < -0.4 is 4.74 Å². The van der Waals surface area contributed by atoms with Crippen molar-refractivity contribution in [1.29, 1.82) is 0 Å². The van der Waals surface area contributed by atoms with E-state index < -0.39 is 11.7 Å². The van der Waals surface area contributed by atoms with Crippen LogP contribution in [-0.2, 0) is 11.4 Å². The molecule has 0 fully saturated rings. The molecule has 0 radical (unpaired) electrons. The van der Waals surface area contributed by atoms with Gasteiger partial charge in [-0.3, -0.25) is 4.98 Å². The summed E-state index contributed by atoms with van der Waals surface area (Å²) in [4.78, 5) is 14.4. The summed E-state index contributed by atoms with van der Waals surface area (Å²) in [5.74, 6) is -1.58. The number of aliphatic carboxylic acids is 1. The third-order valence-electron chi connectivity index (χ3n) is 2.51. The fraction of sp³-hybridized carbons (Fsp3) is 0.0667. The van der Waals surface area contributed by atoms with Crippen molar-refractivity contribution in [3.8, 4) is 5.75 Å². The lowest BCUT2D eigenvalue weighted by molar-refractivity contribution is -0.135. The maximum atomic E-state index is 10.5. The second-order valence-electron chi connectivity index (χ2n) is 4.03. The molecule has 5 heteroatoms. The van der Waals surface area contributed by atoms with Crippen molar-refractivity contribution in [2.75, 3.05) is 0 Å². The van der Waals surface area contributed by atoms with E-state index in [0.717, 1.165) is 11.6 Å². The van der Waals surface area contributed by atoms with E-state index in [1.165, 1.54) is 6.20 Å². The molecule has 0 aliphatic heterocycles. The lowest BCUT2D eigenvalue weighted by atomic mass is 10.2. The summed E-state index contributed by atoms with van der Waals surface area (Å²) in [6.45, 7) is 0.429. The monoisotopic (exact) mass is 271 g/mol. The van der Waals surface area contributed by atoms with E-state index in [-0.39, 0.29) is 0 Å². The van der Waals surface area contributed by atoms with E-state index in [4.69, 9.17) is 14.9 Å². The first-order chi connectivity index (χ1) is 9.65. The first-order valence-corrected chi connectivity index (χ1v) is 5.92. The van der Waals surface area contributed by atoms with E-state index in [1.807, 2.05) is 30.3 Å². The van der Waals surface area contributed by atoms with Crippen molar-refractivity contribution < 1.29 is 19.7 Å². The lowest BCUT2D eigenvalue weighted by Gasteiger charge is -2.05. The molecule has 0 aliphatic carbocycles. The molecule has 0 atom stereocenters. The summed E-state index contributed by atoms with van der Waals surface area (Å²) in [7, 11) is 0. The second kappa shape index (κ2) is 6.38. The number of aromatic nitrogens is 1. The quantitative estimate of drug-likeness (QED) is 0.645. The van der Waals surface area contributed by atoms with E-state index >= 15 is 0 Å². The van der Waals surface area contributed by atoms with Gasteiger partial charge in [0.15, 0.2) is 0 Å². The Morgan fingerprint density at radius 3 is 2.50 bits per heavy atom. The third kappa shape index (κ3) is 3.84. The van der Waals surface area contributed by atoms with Crippen LogP contribution in [0.4, 0.5) is 0 Å². The second-order valence-corrected chi connectivity index (χ2v) is 4.03. The molecule has 0 amide bonds. The Labute approximate surface area is 115 Å². The van der Waals surface area contributed by atoms with Crippen LogP contribution in [0, 0.1) is 0 Å². The van der Waals surface area contributed by atoms with Crippen LogP contribution in [0.3, 0.4) is 0 Å². The summed E-state index contributed by atoms with van der Waals surface area (Å²) < 4.78 is 5.54. The number of carbonyl (C=O) groups is 1. The minimum absolute atomic E-state index is 0.344.